The lowest BCUT2D eigenvalue weighted by atomic mass is 10.1. The molecule has 2 amide bonds. The van der Waals surface area contributed by atoms with Crippen molar-refractivity contribution in [3.8, 4) is 0 Å². The quantitative estimate of drug-likeness (QED) is 0.276. The molecule has 7 nitrogen and oxygen atoms in total. The molecule has 1 N–H and O–H groups in total. The average Bonchev–Trinajstić information content (AvgIpc) is 2.95. The van der Waals surface area contributed by atoms with Crippen molar-refractivity contribution in [2.75, 3.05) is 10.8 Å². The fourth-order valence-corrected chi connectivity index (χ4v) is 5.77. The minimum absolute atomic E-state index is 0.0518. The Morgan fingerprint density at radius 1 is 0.976 bits per heavy atom. The number of rotatable bonds is 11. The molecule has 0 aliphatic rings. The molecule has 0 aliphatic heterocycles. The number of carbonyl (C=O) groups is 2. The second kappa shape index (κ2) is 13.6. The van der Waals surface area contributed by atoms with Gasteiger partial charge in [-0.05, 0) is 63.1 Å². The highest BCUT2D eigenvalue weighted by Crippen LogP contribution is 2.37. The number of halogens is 4. The van der Waals surface area contributed by atoms with Gasteiger partial charge >= 0.3 is 6.18 Å². The van der Waals surface area contributed by atoms with Crippen molar-refractivity contribution in [3.63, 3.8) is 0 Å². The van der Waals surface area contributed by atoms with E-state index < -0.39 is 51.9 Å². The minimum Gasteiger partial charge on any atom is -0.352 e. The second-order valence-electron chi connectivity index (χ2n) is 9.99. The summed E-state index contributed by atoms with van der Waals surface area (Å²) in [5, 5.41) is 2.52. The van der Waals surface area contributed by atoms with Crippen LogP contribution in [0.5, 0.6) is 0 Å². The maximum Gasteiger partial charge on any atom is 0.416 e. The Bertz CT molecular complexity index is 1500. The van der Waals surface area contributed by atoms with Crippen LogP contribution in [0, 0.1) is 6.92 Å². The molecule has 0 aliphatic carbocycles. The van der Waals surface area contributed by atoms with Crippen LogP contribution in [0.4, 0.5) is 18.9 Å². The summed E-state index contributed by atoms with van der Waals surface area (Å²) in [5.41, 5.74) is -0.0127. The third kappa shape index (κ3) is 8.04. The fourth-order valence-electron chi connectivity index (χ4n) is 4.05. The lowest BCUT2D eigenvalue weighted by molar-refractivity contribution is -0.139. The van der Waals surface area contributed by atoms with E-state index in [1.165, 1.54) is 36.1 Å². The Hall–Kier alpha value is -3.57. The summed E-state index contributed by atoms with van der Waals surface area (Å²) in [6.45, 7) is 6.13. The molecule has 3 aromatic rings. The van der Waals surface area contributed by atoms with Gasteiger partial charge in [0, 0.05) is 12.6 Å². The molecule has 0 unspecified atom stereocenters. The molecule has 42 heavy (non-hydrogen) atoms. The molecule has 3 aromatic carbocycles. The number of hydrogen-bond donors (Lipinski definition) is 1. The monoisotopic (exact) mass is 623 g/mol. The van der Waals surface area contributed by atoms with Crippen molar-refractivity contribution < 1.29 is 31.2 Å². The van der Waals surface area contributed by atoms with Crippen molar-refractivity contribution >= 4 is 39.1 Å². The molecule has 0 saturated heterocycles. The maximum atomic E-state index is 13.9. The topological polar surface area (TPSA) is 86.8 Å². The van der Waals surface area contributed by atoms with Crippen molar-refractivity contribution in [3.05, 3.63) is 94.5 Å². The van der Waals surface area contributed by atoms with Crippen molar-refractivity contribution in [1.29, 1.82) is 0 Å². The molecule has 0 saturated carbocycles. The van der Waals surface area contributed by atoms with E-state index in [0.29, 0.717) is 22.4 Å². The van der Waals surface area contributed by atoms with Gasteiger partial charge in [-0.2, -0.15) is 13.2 Å². The largest absolute Gasteiger partial charge is 0.416 e. The predicted octanol–water partition coefficient (Wildman–Crippen LogP) is 6.19. The first kappa shape index (κ1) is 32.9. The third-order valence-corrected chi connectivity index (χ3v) is 8.89. The summed E-state index contributed by atoms with van der Waals surface area (Å²) in [6, 6.07) is 15.3. The van der Waals surface area contributed by atoms with Gasteiger partial charge < -0.3 is 10.2 Å². The molecule has 0 heterocycles. The lowest BCUT2D eigenvalue weighted by Gasteiger charge is -2.33. The van der Waals surface area contributed by atoms with E-state index in [0.717, 1.165) is 17.7 Å². The molecule has 3 rings (SSSR count). The minimum atomic E-state index is -4.80. The third-order valence-electron chi connectivity index (χ3n) is 6.79. The fraction of sp³-hybridized carbons (Fsp3) is 0.333. The number of sulfonamides is 1. The normalized spacial score (nSPS) is 13.2. The molecule has 0 fully saturated rings. The summed E-state index contributed by atoms with van der Waals surface area (Å²) in [6.07, 6.45) is -4.16. The summed E-state index contributed by atoms with van der Waals surface area (Å²) < 4.78 is 69.1. The van der Waals surface area contributed by atoms with Crippen LogP contribution < -0.4 is 9.62 Å². The van der Waals surface area contributed by atoms with Gasteiger partial charge in [-0.15, -0.1) is 0 Å². The highest BCUT2D eigenvalue weighted by atomic mass is 35.5. The van der Waals surface area contributed by atoms with E-state index in [-0.39, 0.29) is 22.5 Å². The Labute approximate surface area is 249 Å². The van der Waals surface area contributed by atoms with Crippen LogP contribution in [0.3, 0.4) is 0 Å². The van der Waals surface area contributed by atoms with Gasteiger partial charge in [0.2, 0.25) is 11.8 Å². The van der Waals surface area contributed by atoms with Gasteiger partial charge in [0.15, 0.2) is 0 Å². The zero-order valence-corrected chi connectivity index (χ0v) is 25.2. The summed E-state index contributed by atoms with van der Waals surface area (Å²) in [5.74, 6) is -1.27. The number of nitrogens with zero attached hydrogens (tertiary/aromatic N) is 2. The van der Waals surface area contributed by atoms with Gasteiger partial charge in [0.25, 0.3) is 10.0 Å². The van der Waals surface area contributed by atoms with Crippen LogP contribution in [0.1, 0.15) is 43.9 Å². The van der Waals surface area contributed by atoms with Gasteiger partial charge in [-0.1, -0.05) is 66.6 Å². The first-order valence-electron chi connectivity index (χ1n) is 13.2. The number of alkyl halides is 3. The smallest absolute Gasteiger partial charge is 0.352 e. The highest BCUT2D eigenvalue weighted by Gasteiger charge is 2.36. The van der Waals surface area contributed by atoms with Crippen LogP contribution in [0.25, 0.3) is 0 Å². The van der Waals surface area contributed by atoms with E-state index >= 15 is 0 Å². The second-order valence-corrected chi connectivity index (χ2v) is 12.3. The summed E-state index contributed by atoms with van der Waals surface area (Å²) >= 11 is 6.27. The van der Waals surface area contributed by atoms with Crippen molar-refractivity contribution in [2.24, 2.45) is 0 Å². The first-order chi connectivity index (χ1) is 19.6. The van der Waals surface area contributed by atoms with E-state index in [1.807, 2.05) is 26.0 Å². The zero-order chi connectivity index (χ0) is 31.2. The summed E-state index contributed by atoms with van der Waals surface area (Å²) in [7, 11) is -4.58. The maximum absolute atomic E-state index is 13.9. The van der Waals surface area contributed by atoms with Crippen LogP contribution in [-0.2, 0) is 32.3 Å². The Morgan fingerprint density at radius 2 is 1.60 bits per heavy atom. The van der Waals surface area contributed by atoms with E-state index in [4.69, 9.17) is 11.6 Å². The Morgan fingerprint density at radius 3 is 2.17 bits per heavy atom. The molecule has 0 spiro atoms. The van der Waals surface area contributed by atoms with E-state index in [2.05, 4.69) is 5.32 Å². The standard InChI is InChI=1S/C30H33ClF3N3O4S/c1-5-21(3)35-29(39)22(4)36(18-23-13-11-20(2)12-14-23)28(38)19-37(42(40,41)25-9-7-6-8-10-25)27-17-24(30(32,33)34)15-16-26(27)31/h6-17,21-22H,5,18-19H2,1-4H3,(H,35,39)/t21-,22+/m0/s1. The zero-order valence-electron chi connectivity index (χ0n) is 23.7. The SMILES string of the molecule is CC[C@H](C)NC(=O)[C@@H](C)N(Cc1ccc(C)cc1)C(=O)CN(c1cc(C(F)(F)F)ccc1Cl)S(=O)(=O)c1ccccc1. The molecular formula is C30H33ClF3N3O4S. The Kier molecular flexibility index (Phi) is 10.7. The molecule has 12 heteroatoms. The van der Waals surface area contributed by atoms with Gasteiger partial charge in [0.1, 0.15) is 12.6 Å². The number of hydrogen-bond acceptors (Lipinski definition) is 4. The van der Waals surface area contributed by atoms with Crippen molar-refractivity contribution in [2.45, 2.75) is 63.8 Å². The van der Waals surface area contributed by atoms with Crippen LogP contribution in [0.2, 0.25) is 5.02 Å². The average molecular weight is 624 g/mol. The van der Waals surface area contributed by atoms with Crippen molar-refractivity contribution in [1.82, 2.24) is 10.2 Å². The van der Waals surface area contributed by atoms with Crippen LogP contribution >= 0.6 is 11.6 Å². The van der Waals surface area contributed by atoms with Gasteiger partial charge in [0.05, 0.1) is 21.2 Å². The molecule has 0 radical (unpaired) electrons. The number of carbonyl (C=O) groups excluding carboxylic acids is 2. The van der Waals surface area contributed by atoms with Crippen LogP contribution in [-0.4, -0.2) is 43.8 Å². The number of aryl methyl sites for hydroxylation is 1. The summed E-state index contributed by atoms with van der Waals surface area (Å²) in [4.78, 5) is 28.0. The van der Waals surface area contributed by atoms with E-state index in [1.54, 1.807) is 25.1 Å². The number of amides is 2. The number of nitrogens with one attached hydrogen (secondary N) is 1. The molecular weight excluding hydrogens is 591 g/mol. The van der Waals surface area contributed by atoms with Gasteiger partial charge in [-0.3, -0.25) is 13.9 Å². The Balaban J connectivity index is 2.11. The molecule has 0 bridgehead atoms. The highest BCUT2D eigenvalue weighted by molar-refractivity contribution is 7.92. The van der Waals surface area contributed by atoms with Crippen LogP contribution in [0.15, 0.2) is 77.7 Å². The van der Waals surface area contributed by atoms with E-state index in [9.17, 15) is 31.2 Å². The molecule has 226 valence electrons. The predicted molar refractivity (Wildman–Crippen MR) is 157 cm³/mol. The number of benzene rings is 3. The van der Waals surface area contributed by atoms with Gasteiger partial charge in [-0.25, -0.2) is 8.42 Å². The first-order valence-corrected chi connectivity index (χ1v) is 15.1. The lowest BCUT2D eigenvalue weighted by Crippen LogP contribution is -2.52. The number of anilines is 1. The molecule has 2 atom stereocenters. The molecule has 0 aromatic heterocycles.